The summed E-state index contributed by atoms with van der Waals surface area (Å²) >= 11 is 7.01. The van der Waals surface area contributed by atoms with Gasteiger partial charge in [-0.3, -0.25) is 19.5 Å². The lowest BCUT2D eigenvalue weighted by molar-refractivity contribution is -0.119. The third-order valence-corrected chi connectivity index (χ3v) is 9.35. The molecular formula is C36H40ClN7O5. The van der Waals surface area contributed by atoms with Crippen LogP contribution in [0.5, 0.6) is 11.6 Å². The summed E-state index contributed by atoms with van der Waals surface area (Å²) in [6.07, 6.45) is 5.00. The summed E-state index contributed by atoms with van der Waals surface area (Å²) in [4.78, 5) is 40.8. The molecule has 0 saturated carbocycles. The molecule has 2 fully saturated rings. The van der Waals surface area contributed by atoms with Gasteiger partial charge in [0.05, 0.1) is 42.9 Å². The number of pyridine rings is 3. The summed E-state index contributed by atoms with van der Waals surface area (Å²) in [7, 11) is 3.15. The molecule has 0 unspecified atom stereocenters. The van der Waals surface area contributed by atoms with Gasteiger partial charge in [0.1, 0.15) is 11.4 Å². The summed E-state index contributed by atoms with van der Waals surface area (Å²) < 4.78 is 11.1. The minimum atomic E-state index is -0.364. The molecule has 0 aliphatic carbocycles. The maximum atomic E-state index is 13.4. The largest absolute Gasteiger partial charge is 0.495 e. The average Bonchev–Trinajstić information content (AvgIpc) is 3.72. The highest BCUT2D eigenvalue weighted by Gasteiger charge is 2.24. The molecule has 2 aliphatic rings. The summed E-state index contributed by atoms with van der Waals surface area (Å²) in [5.74, 6) is 0.790. The van der Waals surface area contributed by atoms with Crippen LogP contribution >= 0.6 is 11.6 Å². The molecule has 3 aromatic heterocycles. The molecule has 6 rings (SSSR count). The Bertz CT molecular complexity index is 1850. The SMILES string of the molecule is COc1cnc(C(=O)Nc2cccc(-c3nccc(-c4ccc(CNC[C@@H]5CCC(=O)N5)c(OC)n4)c3Cl)c2C)cc1CN1CC[C@H](O)C1. The van der Waals surface area contributed by atoms with Crippen molar-refractivity contribution in [3.8, 4) is 34.1 Å². The van der Waals surface area contributed by atoms with E-state index >= 15 is 0 Å². The number of aromatic nitrogens is 3. The predicted molar refractivity (Wildman–Crippen MR) is 187 cm³/mol. The minimum absolute atomic E-state index is 0.0894. The van der Waals surface area contributed by atoms with Gasteiger partial charge in [-0.25, -0.2) is 9.97 Å². The second-order valence-corrected chi connectivity index (χ2v) is 12.7. The first-order valence-electron chi connectivity index (χ1n) is 16.3. The van der Waals surface area contributed by atoms with Gasteiger partial charge >= 0.3 is 0 Å². The van der Waals surface area contributed by atoms with Crippen molar-refractivity contribution in [1.29, 1.82) is 0 Å². The maximum absolute atomic E-state index is 13.4. The summed E-state index contributed by atoms with van der Waals surface area (Å²) in [5.41, 5.74) is 5.97. The van der Waals surface area contributed by atoms with E-state index in [4.69, 9.17) is 26.1 Å². The van der Waals surface area contributed by atoms with Gasteiger partial charge in [-0.2, -0.15) is 0 Å². The number of methoxy groups -OCH3 is 2. The highest BCUT2D eigenvalue weighted by atomic mass is 35.5. The van der Waals surface area contributed by atoms with E-state index in [0.29, 0.717) is 71.9 Å². The lowest BCUT2D eigenvalue weighted by Crippen LogP contribution is -2.35. The minimum Gasteiger partial charge on any atom is -0.495 e. The normalized spacial score (nSPS) is 17.6. The molecule has 256 valence electrons. The van der Waals surface area contributed by atoms with Gasteiger partial charge < -0.3 is 30.5 Å². The van der Waals surface area contributed by atoms with Gasteiger partial charge in [-0.1, -0.05) is 29.8 Å². The zero-order valence-electron chi connectivity index (χ0n) is 27.8. The van der Waals surface area contributed by atoms with Gasteiger partial charge in [0.2, 0.25) is 11.8 Å². The van der Waals surface area contributed by atoms with Gasteiger partial charge in [0.25, 0.3) is 5.91 Å². The number of β-amino-alcohol motifs (C(OH)–C–C–N with tert-alkyl or cyclic N) is 1. The fourth-order valence-corrected chi connectivity index (χ4v) is 6.61. The first-order chi connectivity index (χ1) is 23.7. The number of nitrogens with one attached hydrogen (secondary N) is 3. The second-order valence-electron chi connectivity index (χ2n) is 12.3. The maximum Gasteiger partial charge on any atom is 0.274 e. The Morgan fingerprint density at radius 3 is 2.69 bits per heavy atom. The molecular weight excluding hydrogens is 646 g/mol. The van der Waals surface area contributed by atoms with Crippen molar-refractivity contribution in [3.05, 3.63) is 82.3 Å². The van der Waals surface area contributed by atoms with Crippen LogP contribution in [0.25, 0.3) is 22.5 Å². The van der Waals surface area contributed by atoms with Crippen molar-refractivity contribution in [2.24, 2.45) is 0 Å². The first kappa shape index (κ1) is 34.3. The van der Waals surface area contributed by atoms with E-state index in [0.717, 1.165) is 41.6 Å². The second kappa shape index (κ2) is 15.3. The van der Waals surface area contributed by atoms with Crippen LogP contribution in [0.3, 0.4) is 0 Å². The predicted octanol–water partition coefficient (Wildman–Crippen LogP) is 4.37. The number of aliphatic hydroxyl groups excluding tert-OH is 1. The van der Waals surface area contributed by atoms with E-state index in [9.17, 15) is 14.7 Å². The van der Waals surface area contributed by atoms with Gasteiger partial charge in [-0.05, 0) is 49.6 Å². The smallest absolute Gasteiger partial charge is 0.274 e. The number of nitrogens with zero attached hydrogens (tertiary/aromatic N) is 4. The van der Waals surface area contributed by atoms with Crippen molar-refractivity contribution >= 4 is 29.1 Å². The van der Waals surface area contributed by atoms with Crippen molar-refractivity contribution < 1.29 is 24.2 Å². The van der Waals surface area contributed by atoms with Crippen LogP contribution < -0.4 is 25.4 Å². The van der Waals surface area contributed by atoms with Crippen molar-refractivity contribution in [3.63, 3.8) is 0 Å². The van der Waals surface area contributed by atoms with Gasteiger partial charge in [-0.15, -0.1) is 0 Å². The van der Waals surface area contributed by atoms with Gasteiger partial charge in [0.15, 0.2) is 0 Å². The van der Waals surface area contributed by atoms with Crippen LogP contribution in [0, 0.1) is 6.92 Å². The van der Waals surface area contributed by atoms with Crippen LogP contribution in [-0.4, -0.2) is 82.8 Å². The number of ether oxygens (including phenoxy) is 2. The topological polar surface area (TPSA) is 151 Å². The zero-order chi connectivity index (χ0) is 34.5. The average molecular weight is 686 g/mol. The van der Waals surface area contributed by atoms with Crippen LogP contribution in [0.2, 0.25) is 5.02 Å². The highest BCUT2D eigenvalue weighted by Crippen LogP contribution is 2.38. The van der Waals surface area contributed by atoms with Crippen LogP contribution in [0.15, 0.2) is 54.9 Å². The van der Waals surface area contributed by atoms with Crippen molar-refractivity contribution in [1.82, 2.24) is 30.5 Å². The van der Waals surface area contributed by atoms with Crippen LogP contribution in [-0.2, 0) is 17.9 Å². The Morgan fingerprint density at radius 2 is 1.96 bits per heavy atom. The molecule has 5 heterocycles. The molecule has 2 saturated heterocycles. The quantitative estimate of drug-likeness (QED) is 0.169. The van der Waals surface area contributed by atoms with Crippen LogP contribution in [0.1, 0.15) is 46.4 Å². The Kier molecular flexibility index (Phi) is 10.7. The highest BCUT2D eigenvalue weighted by molar-refractivity contribution is 6.35. The number of likely N-dealkylation sites (tertiary alicyclic amines) is 1. The van der Waals surface area contributed by atoms with Crippen molar-refractivity contribution in [2.45, 2.75) is 51.4 Å². The number of anilines is 1. The first-order valence-corrected chi connectivity index (χ1v) is 16.6. The monoisotopic (exact) mass is 685 g/mol. The Labute approximate surface area is 290 Å². The Balaban J connectivity index is 1.20. The molecule has 0 radical (unpaired) electrons. The molecule has 4 N–H and O–H groups in total. The zero-order valence-corrected chi connectivity index (χ0v) is 28.5. The molecule has 12 nitrogen and oxygen atoms in total. The van der Waals surface area contributed by atoms with E-state index in [1.54, 1.807) is 32.7 Å². The van der Waals surface area contributed by atoms with Gasteiger partial charge in [0, 0.05) is 79.3 Å². The summed E-state index contributed by atoms with van der Waals surface area (Å²) in [6.45, 7) is 4.99. The number of aliphatic hydroxyl groups is 1. The fraction of sp³-hybridized carbons (Fsp3) is 0.361. The molecule has 2 aliphatic heterocycles. The lowest BCUT2D eigenvalue weighted by Gasteiger charge is -2.18. The molecule has 13 heteroatoms. The van der Waals surface area contributed by atoms with E-state index in [2.05, 4.69) is 30.8 Å². The van der Waals surface area contributed by atoms with E-state index in [1.807, 2.05) is 43.3 Å². The molecule has 4 aromatic rings. The Morgan fingerprint density at radius 1 is 1.10 bits per heavy atom. The number of amides is 2. The molecule has 1 aromatic carbocycles. The Hall–Kier alpha value is -4.62. The molecule has 0 spiro atoms. The van der Waals surface area contributed by atoms with E-state index in [-0.39, 0.29) is 29.7 Å². The lowest BCUT2D eigenvalue weighted by atomic mass is 10.0. The summed E-state index contributed by atoms with van der Waals surface area (Å²) in [5, 5.41) is 19.7. The number of halogens is 1. The molecule has 2 amide bonds. The van der Waals surface area contributed by atoms with Crippen LogP contribution in [0.4, 0.5) is 5.69 Å². The number of benzene rings is 1. The number of carbonyl (C=O) groups is 2. The number of carbonyl (C=O) groups excluding carboxylic acids is 2. The van der Waals surface area contributed by atoms with E-state index < -0.39 is 0 Å². The number of rotatable bonds is 12. The molecule has 2 atom stereocenters. The summed E-state index contributed by atoms with van der Waals surface area (Å²) in [6, 6.07) is 13.1. The number of hydrogen-bond donors (Lipinski definition) is 4. The molecule has 0 bridgehead atoms. The fourth-order valence-electron chi connectivity index (χ4n) is 6.30. The number of hydrogen-bond acceptors (Lipinski definition) is 10. The van der Waals surface area contributed by atoms with E-state index in [1.165, 1.54) is 0 Å². The molecule has 49 heavy (non-hydrogen) atoms. The third kappa shape index (κ3) is 7.83. The third-order valence-electron chi connectivity index (χ3n) is 8.97. The van der Waals surface area contributed by atoms with Crippen molar-refractivity contribution in [2.75, 3.05) is 39.2 Å². The standard InChI is InChI=1S/C36H40ClN7O5/c1-21-26(5-4-6-28(21)42-35(47)30-15-23(31(48-2)18-40-30)19-44-14-12-25(45)20-44)34-33(37)27(11-13-39-34)29-9-7-22(36(43-29)49-3)16-38-17-24-8-10-32(46)41-24/h4-7,9,11,13,15,18,24-25,38,45H,8,10,12,14,16-17,19-20H2,1-3H3,(H,41,46)(H,42,47)/t24-,25-/m0/s1.